The van der Waals surface area contributed by atoms with Crippen molar-refractivity contribution in [1.82, 2.24) is 4.98 Å². The largest absolute Gasteiger partial charge is 0.594 e. The standard InChI is InChI=1S/C10H14N2O4S/c1-10(2,3)16-9(15)12-8-11-5-6(17-8)4-7(13)14/h5H,4H2,1-3H3,(H,13,14)(H,11,12,15)/p-1. The minimum Gasteiger partial charge on any atom is -0.594 e. The molecule has 1 aromatic rings. The van der Waals surface area contributed by atoms with E-state index in [-0.39, 0.29) is 11.6 Å². The number of nitrogens with zero attached hydrogens (tertiary/aromatic N) is 2. The van der Waals surface area contributed by atoms with Crippen molar-refractivity contribution in [3.05, 3.63) is 11.1 Å². The molecular formula is C10H13N2O4S-. The molecule has 1 rings (SSSR count). The molecule has 0 amide bonds. The first-order valence-corrected chi connectivity index (χ1v) is 5.69. The van der Waals surface area contributed by atoms with E-state index in [0.29, 0.717) is 4.88 Å². The monoisotopic (exact) mass is 257 g/mol. The van der Waals surface area contributed by atoms with Gasteiger partial charge in [0, 0.05) is 16.7 Å². The molecule has 0 saturated heterocycles. The fourth-order valence-corrected chi connectivity index (χ4v) is 1.70. The van der Waals surface area contributed by atoms with Crippen molar-refractivity contribution < 1.29 is 19.7 Å². The predicted molar refractivity (Wildman–Crippen MR) is 61.4 cm³/mol. The maximum Gasteiger partial charge on any atom is 0.308 e. The van der Waals surface area contributed by atoms with Crippen molar-refractivity contribution in [2.75, 3.05) is 0 Å². The molecule has 17 heavy (non-hydrogen) atoms. The van der Waals surface area contributed by atoms with Crippen LogP contribution in [0.15, 0.2) is 11.2 Å². The van der Waals surface area contributed by atoms with Crippen LogP contribution in [0.2, 0.25) is 0 Å². The molecule has 6 nitrogen and oxygen atoms in total. The average Bonchev–Trinajstić information content (AvgIpc) is 2.46. The molecule has 94 valence electrons. The summed E-state index contributed by atoms with van der Waals surface area (Å²) in [6.45, 7) is 5.20. The number of aromatic nitrogens is 1. The molecule has 7 heteroatoms. The second-order valence-corrected chi connectivity index (χ2v) is 5.37. The lowest BCUT2D eigenvalue weighted by Gasteiger charge is -2.29. The first kappa shape index (κ1) is 13.4. The Kier molecular flexibility index (Phi) is 4.06. The highest BCUT2D eigenvalue weighted by atomic mass is 32.1. The number of aliphatic carboxylic acids is 1. The van der Waals surface area contributed by atoms with Gasteiger partial charge in [-0.25, -0.2) is 9.98 Å². The van der Waals surface area contributed by atoms with Crippen LogP contribution in [-0.4, -0.2) is 27.7 Å². The molecule has 1 heterocycles. The van der Waals surface area contributed by atoms with Gasteiger partial charge in [-0.1, -0.05) is 32.1 Å². The van der Waals surface area contributed by atoms with E-state index in [4.69, 9.17) is 9.84 Å². The van der Waals surface area contributed by atoms with E-state index in [0.717, 1.165) is 11.3 Å². The fourth-order valence-electron chi connectivity index (χ4n) is 0.942. The van der Waals surface area contributed by atoms with E-state index < -0.39 is 17.7 Å². The Morgan fingerprint density at radius 2 is 2.29 bits per heavy atom. The van der Waals surface area contributed by atoms with Gasteiger partial charge in [0.05, 0.1) is 6.42 Å². The Hall–Kier alpha value is -1.63. The summed E-state index contributed by atoms with van der Waals surface area (Å²) in [4.78, 5) is 18.4. The zero-order chi connectivity index (χ0) is 13.1. The van der Waals surface area contributed by atoms with Gasteiger partial charge in [-0.3, -0.25) is 4.79 Å². The first-order valence-electron chi connectivity index (χ1n) is 4.87. The van der Waals surface area contributed by atoms with Crippen LogP contribution in [0.1, 0.15) is 25.6 Å². The number of rotatable bonds is 3. The summed E-state index contributed by atoms with van der Waals surface area (Å²) < 4.78 is 4.98. The predicted octanol–water partition coefficient (Wildman–Crippen LogP) is 0.933. The molecule has 0 unspecified atom stereocenters. The second kappa shape index (κ2) is 5.13. The number of carboxylic acid groups (broad SMARTS) is 1. The number of thiazole rings is 1. The average molecular weight is 257 g/mol. The van der Waals surface area contributed by atoms with E-state index in [1.807, 2.05) is 0 Å². The first-order chi connectivity index (χ1) is 7.76. The Balaban J connectivity index is 2.71. The van der Waals surface area contributed by atoms with Gasteiger partial charge in [-0.05, 0) is 0 Å². The maximum atomic E-state index is 11.3. The molecule has 0 aliphatic carbocycles. The molecule has 1 aromatic heterocycles. The number of aliphatic imine (C=N–C) groups is 1. The summed E-state index contributed by atoms with van der Waals surface area (Å²) in [5.74, 6) is -0.947. The third-order valence-corrected chi connectivity index (χ3v) is 2.34. The lowest BCUT2D eigenvalue weighted by molar-refractivity contribution is -0.259. The second-order valence-electron chi connectivity index (χ2n) is 4.27. The number of hydrogen-bond donors (Lipinski definition) is 1. The molecule has 1 N–H and O–H groups in total. The normalized spacial score (nSPS) is 12.5. The third-order valence-electron chi connectivity index (χ3n) is 1.45. The summed E-state index contributed by atoms with van der Waals surface area (Å²) in [6.07, 6.45) is 0.539. The maximum absolute atomic E-state index is 11.3. The molecule has 0 aromatic carbocycles. The van der Waals surface area contributed by atoms with Crippen LogP contribution in [0, 0.1) is 0 Å². The Morgan fingerprint density at radius 1 is 1.65 bits per heavy atom. The molecule has 0 saturated carbocycles. The SMILES string of the molecule is CC(C)(C)OC([O-])=Nc1ncc(CC(=O)O)s1. The van der Waals surface area contributed by atoms with Gasteiger partial charge in [0.1, 0.15) is 0 Å². The van der Waals surface area contributed by atoms with Crippen LogP contribution in [0.5, 0.6) is 0 Å². The van der Waals surface area contributed by atoms with Crippen molar-refractivity contribution in [2.24, 2.45) is 4.99 Å². The zero-order valence-electron chi connectivity index (χ0n) is 9.76. The fraction of sp³-hybridized carbons (Fsp3) is 0.500. The van der Waals surface area contributed by atoms with E-state index in [2.05, 4.69) is 9.98 Å². The minimum absolute atomic E-state index is 0.124. The molecule has 0 bridgehead atoms. The van der Waals surface area contributed by atoms with E-state index >= 15 is 0 Å². The smallest absolute Gasteiger partial charge is 0.308 e. The number of hydrogen-bond acceptors (Lipinski definition) is 6. The van der Waals surface area contributed by atoms with Gasteiger partial charge in [-0.15, -0.1) is 0 Å². The van der Waals surface area contributed by atoms with E-state index in [1.165, 1.54) is 6.20 Å². The minimum atomic E-state index is -0.947. The summed E-state index contributed by atoms with van der Waals surface area (Å²) in [5, 5.41) is 20.1. The van der Waals surface area contributed by atoms with Crippen molar-refractivity contribution in [3.8, 4) is 0 Å². The molecule has 0 spiro atoms. The molecule has 0 fully saturated rings. The van der Waals surface area contributed by atoms with Gasteiger partial charge in [0.2, 0.25) is 5.13 Å². The highest BCUT2D eigenvalue weighted by Crippen LogP contribution is 2.22. The quantitative estimate of drug-likeness (QED) is 0.642. The Bertz CT molecular complexity index is 434. The summed E-state index contributed by atoms with van der Waals surface area (Å²) in [6, 6.07) is 0. The molecule has 0 aliphatic rings. The summed E-state index contributed by atoms with van der Waals surface area (Å²) in [5.41, 5.74) is -0.609. The van der Waals surface area contributed by atoms with Crippen molar-refractivity contribution >= 4 is 28.5 Å². The van der Waals surface area contributed by atoms with E-state index in [9.17, 15) is 9.90 Å². The summed E-state index contributed by atoms with van der Waals surface area (Å²) >= 11 is 1.06. The third kappa shape index (κ3) is 5.30. The Labute approximate surface area is 103 Å². The van der Waals surface area contributed by atoms with Crippen molar-refractivity contribution in [2.45, 2.75) is 32.8 Å². The van der Waals surface area contributed by atoms with Gasteiger partial charge in [0.15, 0.2) is 6.08 Å². The van der Waals surface area contributed by atoms with Crippen molar-refractivity contribution in [3.63, 3.8) is 0 Å². The Morgan fingerprint density at radius 3 is 2.82 bits per heavy atom. The molecule has 0 atom stereocenters. The van der Waals surface area contributed by atoms with E-state index in [1.54, 1.807) is 20.8 Å². The number of carboxylic acids is 1. The van der Waals surface area contributed by atoms with Crippen LogP contribution >= 0.6 is 11.3 Å². The lowest BCUT2D eigenvalue weighted by Crippen LogP contribution is -2.31. The topological polar surface area (TPSA) is 94.8 Å². The van der Waals surface area contributed by atoms with Gasteiger partial charge in [0.25, 0.3) is 0 Å². The van der Waals surface area contributed by atoms with Gasteiger partial charge < -0.3 is 14.9 Å². The highest BCUT2D eigenvalue weighted by Gasteiger charge is 2.07. The zero-order valence-corrected chi connectivity index (χ0v) is 10.6. The van der Waals surface area contributed by atoms with Crippen LogP contribution in [0.3, 0.4) is 0 Å². The van der Waals surface area contributed by atoms with Crippen LogP contribution in [0.25, 0.3) is 0 Å². The van der Waals surface area contributed by atoms with Gasteiger partial charge >= 0.3 is 5.97 Å². The highest BCUT2D eigenvalue weighted by molar-refractivity contribution is 7.15. The summed E-state index contributed by atoms with van der Waals surface area (Å²) in [7, 11) is 0. The number of ether oxygens (including phenoxy) is 1. The molecule has 0 aliphatic heterocycles. The molecular weight excluding hydrogens is 244 g/mol. The van der Waals surface area contributed by atoms with Crippen LogP contribution in [0.4, 0.5) is 5.13 Å². The van der Waals surface area contributed by atoms with Crippen LogP contribution in [-0.2, 0) is 16.0 Å². The number of carbonyl (C=O) groups is 1. The van der Waals surface area contributed by atoms with Gasteiger partial charge in [-0.2, -0.15) is 0 Å². The lowest BCUT2D eigenvalue weighted by atomic mass is 10.2. The van der Waals surface area contributed by atoms with Crippen LogP contribution < -0.4 is 5.11 Å². The molecule has 0 radical (unpaired) electrons. The van der Waals surface area contributed by atoms with Crippen molar-refractivity contribution in [1.29, 1.82) is 0 Å².